The topological polar surface area (TPSA) is 66.9 Å². The van der Waals surface area contributed by atoms with Gasteiger partial charge >= 0.3 is 0 Å². The molecule has 0 saturated heterocycles. The van der Waals surface area contributed by atoms with Crippen molar-refractivity contribution in [1.82, 2.24) is 9.36 Å². The zero-order valence-corrected chi connectivity index (χ0v) is 15.7. The summed E-state index contributed by atoms with van der Waals surface area (Å²) >= 11 is 1.29. The van der Waals surface area contributed by atoms with E-state index >= 15 is 0 Å². The number of hydrogen-bond acceptors (Lipinski definition) is 5. The molecule has 134 valence electrons. The van der Waals surface area contributed by atoms with Crippen LogP contribution in [0, 0.1) is 0 Å². The van der Waals surface area contributed by atoms with Crippen LogP contribution >= 0.6 is 11.5 Å². The third-order valence-electron chi connectivity index (χ3n) is 3.90. The summed E-state index contributed by atoms with van der Waals surface area (Å²) in [5, 5.41) is 6.89. The Morgan fingerprint density at radius 1 is 1.04 bits per heavy atom. The number of nitrogens with zero attached hydrogens (tertiary/aromatic N) is 2. The number of rotatable bonds is 7. The summed E-state index contributed by atoms with van der Waals surface area (Å²) in [5.74, 6) is 0.952. The van der Waals surface area contributed by atoms with Crippen LogP contribution in [0.15, 0.2) is 60.7 Å². The number of nitrogens with one attached hydrogen (secondary N) is 2. The largest absolute Gasteiger partial charge is 0.348 e. The van der Waals surface area contributed by atoms with E-state index in [4.69, 9.17) is 0 Å². The van der Waals surface area contributed by atoms with E-state index < -0.39 is 6.04 Å². The highest BCUT2D eigenvalue weighted by molar-refractivity contribution is 7.09. The van der Waals surface area contributed by atoms with Crippen LogP contribution in [0.1, 0.15) is 31.2 Å². The molecule has 0 aliphatic rings. The Balaban J connectivity index is 1.77. The highest BCUT2D eigenvalue weighted by Gasteiger charge is 2.21. The van der Waals surface area contributed by atoms with Gasteiger partial charge in [0.25, 0.3) is 0 Å². The summed E-state index contributed by atoms with van der Waals surface area (Å²) in [6.07, 6.45) is 0.566. The average Bonchev–Trinajstić information content (AvgIpc) is 3.12. The van der Waals surface area contributed by atoms with Crippen LogP contribution in [-0.4, -0.2) is 21.3 Å². The maximum Gasteiger partial charge on any atom is 0.247 e. The quantitative estimate of drug-likeness (QED) is 0.653. The summed E-state index contributed by atoms with van der Waals surface area (Å²) in [7, 11) is 0. The molecule has 1 atom stereocenters. The van der Waals surface area contributed by atoms with Crippen molar-refractivity contribution in [2.75, 3.05) is 10.6 Å². The second-order valence-corrected chi connectivity index (χ2v) is 7.11. The molecular formula is C20H22N4OS. The first-order valence-corrected chi connectivity index (χ1v) is 9.39. The molecular weight excluding hydrogens is 344 g/mol. The van der Waals surface area contributed by atoms with Gasteiger partial charge in [0, 0.05) is 29.6 Å². The van der Waals surface area contributed by atoms with Gasteiger partial charge in [-0.05, 0) is 17.7 Å². The molecule has 1 heterocycles. The fourth-order valence-electron chi connectivity index (χ4n) is 2.49. The Morgan fingerprint density at radius 3 is 2.31 bits per heavy atom. The van der Waals surface area contributed by atoms with Gasteiger partial charge in [0.2, 0.25) is 11.0 Å². The van der Waals surface area contributed by atoms with Crippen molar-refractivity contribution >= 4 is 28.3 Å². The molecule has 2 aromatic carbocycles. The zero-order chi connectivity index (χ0) is 18.4. The highest BCUT2D eigenvalue weighted by Crippen LogP contribution is 2.19. The Labute approximate surface area is 157 Å². The monoisotopic (exact) mass is 366 g/mol. The number of anilines is 2. The minimum atomic E-state index is -0.439. The van der Waals surface area contributed by atoms with Gasteiger partial charge in [-0.3, -0.25) is 4.79 Å². The van der Waals surface area contributed by atoms with Crippen molar-refractivity contribution in [2.24, 2.45) is 0 Å². The van der Waals surface area contributed by atoms with Gasteiger partial charge in [-0.1, -0.05) is 62.4 Å². The lowest BCUT2D eigenvalue weighted by Crippen LogP contribution is -2.36. The Hall–Kier alpha value is -2.73. The molecule has 1 amide bonds. The van der Waals surface area contributed by atoms with E-state index in [1.807, 2.05) is 60.7 Å². The van der Waals surface area contributed by atoms with E-state index in [-0.39, 0.29) is 11.8 Å². The van der Waals surface area contributed by atoms with Crippen molar-refractivity contribution in [3.63, 3.8) is 0 Å². The molecule has 3 aromatic rings. The molecule has 0 spiro atoms. The molecule has 0 radical (unpaired) electrons. The number of benzene rings is 2. The molecule has 0 bridgehead atoms. The van der Waals surface area contributed by atoms with E-state index in [0.717, 1.165) is 17.1 Å². The number of carbonyl (C=O) groups excluding carboxylic acids is 1. The second kappa shape index (κ2) is 8.58. The summed E-state index contributed by atoms with van der Waals surface area (Å²) < 4.78 is 4.36. The number of aromatic nitrogens is 2. The SMILES string of the molecule is CC(C)c1nsc(N[C@H](Cc2ccccc2)C(=O)Nc2ccccc2)n1. The first-order chi connectivity index (χ1) is 12.6. The molecule has 2 N–H and O–H groups in total. The predicted molar refractivity (Wildman–Crippen MR) is 107 cm³/mol. The van der Waals surface area contributed by atoms with Gasteiger partial charge in [-0.2, -0.15) is 4.37 Å². The van der Waals surface area contributed by atoms with E-state index in [0.29, 0.717) is 11.6 Å². The van der Waals surface area contributed by atoms with Crippen LogP contribution in [-0.2, 0) is 11.2 Å². The normalized spacial score (nSPS) is 12.0. The fraction of sp³-hybridized carbons (Fsp3) is 0.250. The fourth-order valence-corrected chi connectivity index (χ4v) is 3.25. The van der Waals surface area contributed by atoms with Crippen molar-refractivity contribution < 1.29 is 4.79 Å². The maximum atomic E-state index is 12.8. The van der Waals surface area contributed by atoms with Crippen LogP contribution in [0.4, 0.5) is 10.8 Å². The third kappa shape index (κ3) is 4.89. The lowest BCUT2D eigenvalue weighted by atomic mass is 10.1. The Kier molecular flexibility index (Phi) is 5.96. The van der Waals surface area contributed by atoms with Gasteiger partial charge in [0.15, 0.2) is 0 Å². The number of para-hydroxylation sites is 1. The van der Waals surface area contributed by atoms with E-state index in [1.165, 1.54) is 11.5 Å². The Morgan fingerprint density at radius 2 is 1.69 bits per heavy atom. The van der Waals surface area contributed by atoms with Crippen molar-refractivity contribution in [3.8, 4) is 0 Å². The lowest BCUT2D eigenvalue weighted by Gasteiger charge is -2.18. The minimum absolute atomic E-state index is 0.0960. The summed E-state index contributed by atoms with van der Waals surface area (Å²) in [6, 6.07) is 19.0. The molecule has 0 aliphatic heterocycles. The lowest BCUT2D eigenvalue weighted by molar-refractivity contribution is -0.116. The van der Waals surface area contributed by atoms with E-state index in [1.54, 1.807) is 0 Å². The summed E-state index contributed by atoms with van der Waals surface area (Å²) in [6.45, 7) is 4.10. The summed E-state index contributed by atoms with van der Waals surface area (Å²) in [5.41, 5.74) is 1.86. The van der Waals surface area contributed by atoms with Gasteiger partial charge < -0.3 is 10.6 Å². The molecule has 0 unspecified atom stereocenters. The van der Waals surface area contributed by atoms with Gasteiger partial charge in [-0.15, -0.1) is 0 Å². The van der Waals surface area contributed by atoms with Gasteiger partial charge in [-0.25, -0.2) is 4.98 Å². The van der Waals surface area contributed by atoms with Crippen molar-refractivity contribution in [1.29, 1.82) is 0 Å². The molecule has 1 aromatic heterocycles. The summed E-state index contributed by atoms with van der Waals surface area (Å²) in [4.78, 5) is 17.3. The first kappa shape index (κ1) is 18.1. The first-order valence-electron chi connectivity index (χ1n) is 8.62. The van der Waals surface area contributed by atoms with Crippen LogP contribution < -0.4 is 10.6 Å². The highest BCUT2D eigenvalue weighted by atomic mass is 32.1. The number of carbonyl (C=O) groups is 1. The molecule has 0 fully saturated rings. The van der Waals surface area contributed by atoms with Crippen LogP contribution in [0.3, 0.4) is 0 Å². The van der Waals surface area contributed by atoms with Crippen molar-refractivity contribution in [3.05, 3.63) is 72.1 Å². The van der Waals surface area contributed by atoms with Gasteiger partial charge in [0.1, 0.15) is 11.9 Å². The molecule has 6 heteroatoms. The molecule has 5 nitrogen and oxygen atoms in total. The maximum absolute atomic E-state index is 12.8. The second-order valence-electron chi connectivity index (χ2n) is 6.35. The van der Waals surface area contributed by atoms with Crippen LogP contribution in [0.25, 0.3) is 0 Å². The van der Waals surface area contributed by atoms with E-state index in [9.17, 15) is 4.79 Å². The molecule has 0 aliphatic carbocycles. The Bertz CT molecular complexity index is 833. The zero-order valence-electron chi connectivity index (χ0n) is 14.8. The van der Waals surface area contributed by atoms with Crippen LogP contribution in [0.2, 0.25) is 0 Å². The third-order valence-corrected chi connectivity index (χ3v) is 4.56. The van der Waals surface area contributed by atoms with Crippen molar-refractivity contribution in [2.45, 2.75) is 32.2 Å². The predicted octanol–water partition coefficient (Wildman–Crippen LogP) is 4.32. The standard InChI is InChI=1S/C20H22N4OS/c1-14(2)18-23-20(26-24-18)22-17(13-15-9-5-3-6-10-15)19(25)21-16-11-7-4-8-12-16/h3-12,14,17H,13H2,1-2H3,(H,21,25)(H,22,23,24)/t17-/m1/s1. The number of hydrogen-bond donors (Lipinski definition) is 2. The molecule has 3 rings (SSSR count). The molecule has 0 saturated carbocycles. The average molecular weight is 366 g/mol. The smallest absolute Gasteiger partial charge is 0.247 e. The molecule has 26 heavy (non-hydrogen) atoms. The van der Waals surface area contributed by atoms with Crippen LogP contribution in [0.5, 0.6) is 0 Å². The van der Waals surface area contributed by atoms with E-state index in [2.05, 4.69) is 33.8 Å². The van der Waals surface area contributed by atoms with Gasteiger partial charge in [0.05, 0.1) is 0 Å². The minimum Gasteiger partial charge on any atom is -0.348 e. The number of amides is 1.